The summed E-state index contributed by atoms with van der Waals surface area (Å²) in [6.07, 6.45) is 0.933. The van der Waals surface area contributed by atoms with Crippen LogP contribution in [-0.2, 0) is 9.59 Å². The lowest BCUT2D eigenvalue weighted by Crippen LogP contribution is -2.52. The van der Waals surface area contributed by atoms with Crippen LogP contribution >= 0.6 is 0 Å². The number of anilines is 1. The number of rotatable bonds is 4. The first kappa shape index (κ1) is 16.8. The molecule has 1 aromatic rings. The van der Waals surface area contributed by atoms with Gasteiger partial charge in [-0.3, -0.25) is 9.59 Å². The van der Waals surface area contributed by atoms with E-state index in [1.54, 1.807) is 4.90 Å². The molecule has 7 heteroatoms. The summed E-state index contributed by atoms with van der Waals surface area (Å²) in [5.74, 6) is -2.24. The van der Waals surface area contributed by atoms with Crippen LogP contribution < -0.4 is 5.32 Å². The second kappa shape index (κ2) is 6.47. The molecule has 1 saturated heterocycles. The topological polar surface area (TPSA) is 52.7 Å². The smallest absolute Gasteiger partial charge is 0.240 e. The number of carbonyl (C=O) groups is 2. The zero-order valence-electron chi connectivity index (χ0n) is 13.6. The minimum absolute atomic E-state index is 0.101. The molecule has 5 nitrogen and oxygen atoms in total. The van der Waals surface area contributed by atoms with Gasteiger partial charge in [0.15, 0.2) is 0 Å². The van der Waals surface area contributed by atoms with E-state index in [9.17, 15) is 18.4 Å². The van der Waals surface area contributed by atoms with Gasteiger partial charge in [-0.1, -0.05) is 6.92 Å². The van der Waals surface area contributed by atoms with Crippen molar-refractivity contribution in [1.29, 1.82) is 0 Å². The number of halogens is 2. The third-order valence-corrected chi connectivity index (χ3v) is 4.88. The molecule has 1 aliphatic heterocycles. The number of carbonyl (C=O) groups excluding carboxylic acids is 2. The maximum atomic E-state index is 13.7. The van der Waals surface area contributed by atoms with Crippen molar-refractivity contribution in [2.75, 3.05) is 38.0 Å². The fourth-order valence-corrected chi connectivity index (χ4v) is 3.07. The Labute approximate surface area is 139 Å². The van der Waals surface area contributed by atoms with Gasteiger partial charge in [-0.25, -0.2) is 8.78 Å². The molecule has 2 fully saturated rings. The van der Waals surface area contributed by atoms with Gasteiger partial charge in [-0.15, -0.1) is 0 Å². The van der Waals surface area contributed by atoms with Crippen molar-refractivity contribution < 1.29 is 18.4 Å². The van der Waals surface area contributed by atoms with Gasteiger partial charge in [0.05, 0.1) is 5.69 Å². The van der Waals surface area contributed by atoms with Gasteiger partial charge in [0.25, 0.3) is 0 Å². The van der Waals surface area contributed by atoms with Crippen molar-refractivity contribution in [3.8, 4) is 0 Å². The summed E-state index contributed by atoms with van der Waals surface area (Å²) in [7, 11) is 0. The number of likely N-dealkylation sites (N-methyl/N-ethyl adjacent to an activating group) is 1. The number of benzene rings is 1. The van der Waals surface area contributed by atoms with Crippen molar-refractivity contribution in [1.82, 2.24) is 9.80 Å². The molecule has 1 N–H and O–H groups in total. The Morgan fingerprint density at radius 2 is 1.83 bits per heavy atom. The first-order valence-electron chi connectivity index (χ1n) is 8.24. The highest BCUT2D eigenvalue weighted by Crippen LogP contribution is 2.48. The molecule has 0 unspecified atom stereocenters. The molecule has 1 aliphatic carbocycles. The summed E-state index contributed by atoms with van der Waals surface area (Å²) >= 11 is 0. The molecular formula is C17H21F2N3O2. The molecule has 130 valence electrons. The van der Waals surface area contributed by atoms with E-state index in [1.807, 2.05) is 0 Å². The van der Waals surface area contributed by atoms with Gasteiger partial charge in [0.2, 0.25) is 11.8 Å². The lowest BCUT2D eigenvalue weighted by Gasteiger charge is -2.35. The molecule has 1 saturated carbocycles. The fourth-order valence-electron chi connectivity index (χ4n) is 3.07. The maximum Gasteiger partial charge on any atom is 0.240 e. The third kappa shape index (κ3) is 3.13. The lowest BCUT2D eigenvalue weighted by atomic mass is 10.0. The van der Waals surface area contributed by atoms with Gasteiger partial charge >= 0.3 is 0 Å². The predicted octanol–water partition coefficient (Wildman–Crippen LogP) is 1.85. The molecule has 2 aliphatic rings. The van der Waals surface area contributed by atoms with Crippen molar-refractivity contribution in [2.24, 2.45) is 5.41 Å². The maximum absolute atomic E-state index is 13.7. The minimum Gasteiger partial charge on any atom is -0.339 e. The standard InChI is InChI=1S/C17H21F2N3O2/c1-2-21-7-9-22(10-8-21)16(24)17(5-6-17)15(23)20-14-4-3-12(18)11-13(14)19/h3-4,11H,2,5-10H2,1H3,(H,20,23). The second-order valence-electron chi connectivity index (χ2n) is 6.39. The van der Waals surface area contributed by atoms with Crippen LogP contribution in [0.3, 0.4) is 0 Å². The first-order chi connectivity index (χ1) is 11.5. The largest absolute Gasteiger partial charge is 0.339 e. The molecule has 0 atom stereocenters. The Bertz CT molecular complexity index is 653. The van der Waals surface area contributed by atoms with Crippen LogP contribution in [0, 0.1) is 17.0 Å². The number of amides is 2. The molecule has 0 bridgehead atoms. The Balaban J connectivity index is 1.67. The number of piperazine rings is 1. The number of hydrogen-bond acceptors (Lipinski definition) is 3. The third-order valence-electron chi connectivity index (χ3n) is 4.88. The van der Waals surface area contributed by atoms with E-state index in [4.69, 9.17) is 0 Å². The van der Waals surface area contributed by atoms with Crippen molar-refractivity contribution >= 4 is 17.5 Å². The first-order valence-corrected chi connectivity index (χ1v) is 8.24. The number of hydrogen-bond donors (Lipinski definition) is 1. The van der Waals surface area contributed by atoms with E-state index in [2.05, 4.69) is 17.1 Å². The normalized spacial score (nSPS) is 19.9. The van der Waals surface area contributed by atoms with E-state index in [0.717, 1.165) is 25.7 Å². The Morgan fingerprint density at radius 3 is 2.38 bits per heavy atom. The van der Waals surface area contributed by atoms with Crippen molar-refractivity contribution in [2.45, 2.75) is 19.8 Å². The van der Waals surface area contributed by atoms with E-state index >= 15 is 0 Å². The molecular weight excluding hydrogens is 316 g/mol. The van der Waals surface area contributed by atoms with Crippen LogP contribution in [0.2, 0.25) is 0 Å². The van der Waals surface area contributed by atoms with Gasteiger partial charge in [-0.05, 0) is 31.5 Å². The van der Waals surface area contributed by atoms with Crippen molar-refractivity contribution in [3.05, 3.63) is 29.8 Å². The van der Waals surface area contributed by atoms with Crippen LogP contribution in [0.1, 0.15) is 19.8 Å². The van der Waals surface area contributed by atoms with Gasteiger partial charge < -0.3 is 15.1 Å². The van der Waals surface area contributed by atoms with E-state index < -0.39 is 23.0 Å². The van der Waals surface area contributed by atoms with Gasteiger partial charge in [0.1, 0.15) is 17.0 Å². The fraction of sp³-hybridized carbons (Fsp3) is 0.529. The van der Waals surface area contributed by atoms with E-state index in [1.165, 1.54) is 6.07 Å². The monoisotopic (exact) mass is 337 g/mol. The van der Waals surface area contributed by atoms with E-state index in [0.29, 0.717) is 32.0 Å². The minimum atomic E-state index is -1.09. The van der Waals surface area contributed by atoms with Crippen molar-refractivity contribution in [3.63, 3.8) is 0 Å². The van der Waals surface area contributed by atoms with Crippen LogP contribution in [0.15, 0.2) is 18.2 Å². The lowest BCUT2D eigenvalue weighted by molar-refractivity contribution is -0.143. The zero-order valence-corrected chi connectivity index (χ0v) is 13.6. The van der Waals surface area contributed by atoms with E-state index in [-0.39, 0.29) is 11.6 Å². The number of nitrogens with zero attached hydrogens (tertiary/aromatic N) is 2. The highest BCUT2D eigenvalue weighted by atomic mass is 19.1. The van der Waals surface area contributed by atoms with Crippen LogP contribution in [0.25, 0.3) is 0 Å². The molecule has 0 radical (unpaired) electrons. The summed E-state index contributed by atoms with van der Waals surface area (Å²) in [5.41, 5.74) is -1.19. The molecule has 2 amide bonds. The Kier molecular flexibility index (Phi) is 4.54. The van der Waals surface area contributed by atoms with Crippen LogP contribution in [0.5, 0.6) is 0 Å². The number of nitrogens with one attached hydrogen (secondary N) is 1. The zero-order chi connectivity index (χ0) is 17.3. The summed E-state index contributed by atoms with van der Waals surface area (Å²) in [6, 6.07) is 2.95. The second-order valence-corrected chi connectivity index (χ2v) is 6.39. The summed E-state index contributed by atoms with van der Waals surface area (Å²) in [6.45, 7) is 5.82. The predicted molar refractivity (Wildman–Crippen MR) is 85.3 cm³/mol. The SMILES string of the molecule is CCN1CCN(C(=O)C2(C(=O)Nc3ccc(F)cc3F)CC2)CC1. The molecule has 1 aromatic carbocycles. The van der Waals surface area contributed by atoms with Crippen LogP contribution in [0.4, 0.5) is 14.5 Å². The Morgan fingerprint density at radius 1 is 1.17 bits per heavy atom. The molecule has 1 heterocycles. The van der Waals surface area contributed by atoms with Gasteiger partial charge in [-0.2, -0.15) is 0 Å². The Hall–Kier alpha value is -2.02. The summed E-state index contributed by atoms with van der Waals surface area (Å²) < 4.78 is 26.6. The summed E-state index contributed by atoms with van der Waals surface area (Å²) in [5, 5.41) is 2.44. The molecule has 3 rings (SSSR count). The quantitative estimate of drug-likeness (QED) is 0.853. The highest BCUT2D eigenvalue weighted by molar-refractivity contribution is 6.13. The summed E-state index contributed by atoms with van der Waals surface area (Å²) in [4.78, 5) is 29.2. The molecule has 24 heavy (non-hydrogen) atoms. The molecule has 0 aromatic heterocycles. The average Bonchev–Trinajstić information content (AvgIpc) is 3.38. The highest BCUT2D eigenvalue weighted by Gasteiger charge is 2.58. The van der Waals surface area contributed by atoms with Gasteiger partial charge in [0, 0.05) is 32.2 Å². The van der Waals surface area contributed by atoms with Crippen LogP contribution in [-0.4, -0.2) is 54.3 Å². The average molecular weight is 337 g/mol. The molecule has 0 spiro atoms.